The Kier molecular flexibility index (Phi) is 8.66. The number of amides is 1. The molecule has 8 heteroatoms. The van der Waals surface area contributed by atoms with E-state index in [2.05, 4.69) is 74.2 Å². The van der Waals surface area contributed by atoms with Gasteiger partial charge in [0.05, 0.1) is 24.6 Å². The summed E-state index contributed by atoms with van der Waals surface area (Å²) in [6.07, 6.45) is 4.13. The van der Waals surface area contributed by atoms with Crippen LogP contribution in [-0.4, -0.2) is 51.2 Å². The number of H-pyrrole nitrogens is 2. The number of hydrogen-bond acceptors (Lipinski definition) is 5. The number of nitrogens with one attached hydrogen (secondary N) is 3. The van der Waals surface area contributed by atoms with Gasteiger partial charge in [-0.25, -0.2) is 4.98 Å². The van der Waals surface area contributed by atoms with E-state index in [0.717, 1.165) is 73.5 Å². The molecular weight excluding hydrogens is 526 g/mol. The van der Waals surface area contributed by atoms with E-state index in [1.54, 1.807) is 7.11 Å². The van der Waals surface area contributed by atoms with Crippen LogP contribution in [-0.2, 0) is 22.6 Å². The van der Waals surface area contributed by atoms with Crippen molar-refractivity contribution in [2.24, 2.45) is 0 Å². The lowest BCUT2D eigenvalue weighted by atomic mass is 9.85. The number of nitrogens with zero attached hydrogens (tertiary/aromatic N) is 2. The van der Waals surface area contributed by atoms with Crippen LogP contribution in [0.3, 0.4) is 0 Å². The van der Waals surface area contributed by atoms with Gasteiger partial charge in [0, 0.05) is 70.9 Å². The predicted octanol–water partition coefficient (Wildman–Crippen LogP) is 6.29. The maximum absolute atomic E-state index is 12.6. The third kappa shape index (κ3) is 5.53. The fourth-order valence-corrected chi connectivity index (χ4v) is 6.33. The quantitative estimate of drug-likeness (QED) is 0.238. The number of aromatic nitrogens is 4. The molecule has 2 atom stereocenters. The number of hydrogen-bond donors (Lipinski definition) is 4. The van der Waals surface area contributed by atoms with Crippen LogP contribution in [0, 0.1) is 20.8 Å². The van der Waals surface area contributed by atoms with Crippen LogP contribution < -0.4 is 5.32 Å². The summed E-state index contributed by atoms with van der Waals surface area (Å²) >= 11 is 0. The van der Waals surface area contributed by atoms with E-state index in [1.807, 2.05) is 6.92 Å². The molecule has 8 nitrogen and oxygen atoms in total. The van der Waals surface area contributed by atoms with Gasteiger partial charge in [-0.15, -0.1) is 0 Å². The molecule has 0 fully saturated rings. The van der Waals surface area contributed by atoms with E-state index in [1.165, 1.54) is 11.1 Å². The zero-order chi connectivity index (χ0) is 30.1. The number of fused-ring (bicyclic) bond motifs is 8. The molecule has 1 amide bonds. The lowest BCUT2D eigenvalue weighted by Crippen LogP contribution is -2.27. The molecule has 0 saturated heterocycles. The summed E-state index contributed by atoms with van der Waals surface area (Å²) in [6.45, 7) is 13.7. The summed E-state index contributed by atoms with van der Waals surface area (Å²) < 4.78 is 5.07. The van der Waals surface area contributed by atoms with Crippen LogP contribution in [0.2, 0.25) is 0 Å². The first kappa shape index (κ1) is 29.7. The van der Waals surface area contributed by atoms with E-state index in [-0.39, 0.29) is 24.3 Å². The van der Waals surface area contributed by atoms with Crippen LogP contribution >= 0.6 is 0 Å². The standard InChI is InChI=1S/C34H43N5O3/c1-8-23-19(3)29-16-32-25(17-40)21(5)28(38-32)15-30-20(4)24(9-10-33(41)35-11-12-42-7)34(39-30)22(6)27-13-18(2)26(36-27)14-31(23)37-29/h13-16,20,24,37-38,40H,8-12,17H2,1-7H3,(H,35,41)/t20-,24-/m0/s1. The van der Waals surface area contributed by atoms with Gasteiger partial charge in [0.25, 0.3) is 0 Å². The first-order valence-electron chi connectivity index (χ1n) is 14.9. The van der Waals surface area contributed by atoms with Crippen molar-refractivity contribution in [2.75, 3.05) is 20.3 Å². The van der Waals surface area contributed by atoms with Crippen molar-refractivity contribution in [3.63, 3.8) is 0 Å². The maximum Gasteiger partial charge on any atom is 0.220 e. The normalized spacial score (nSPS) is 16.5. The number of carbonyl (C=O) groups excluding carboxylic acids is 1. The molecule has 222 valence electrons. The Morgan fingerprint density at radius 1 is 0.976 bits per heavy atom. The molecule has 42 heavy (non-hydrogen) atoms. The van der Waals surface area contributed by atoms with Crippen molar-refractivity contribution in [1.82, 2.24) is 25.3 Å². The topological polar surface area (TPSA) is 116 Å². The maximum atomic E-state index is 12.6. The monoisotopic (exact) mass is 569 g/mol. The number of ether oxygens (including phenoxy) is 1. The number of rotatable bonds is 8. The summed E-state index contributed by atoms with van der Waals surface area (Å²) in [7, 11) is 1.63. The van der Waals surface area contributed by atoms with Gasteiger partial charge in [-0.3, -0.25) is 9.78 Å². The number of methoxy groups -OCH3 is 1. The minimum atomic E-state index is -0.0619. The summed E-state index contributed by atoms with van der Waals surface area (Å²) in [5.74, 6) is 0.196. The van der Waals surface area contributed by atoms with E-state index in [4.69, 9.17) is 14.7 Å². The number of aliphatic hydroxyl groups is 1. The fraction of sp³-hybridized carbons (Fsp3) is 0.441. The van der Waals surface area contributed by atoms with Crippen molar-refractivity contribution >= 4 is 39.6 Å². The molecule has 2 aliphatic heterocycles. The lowest BCUT2D eigenvalue weighted by molar-refractivity contribution is -0.121. The Labute approximate surface area is 247 Å². The molecule has 4 N–H and O–H groups in total. The molecule has 2 aliphatic rings. The molecule has 3 aromatic rings. The van der Waals surface area contributed by atoms with Crippen LogP contribution in [0.15, 0.2) is 18.2 Å². The number of allylic oxidation sites excluding steroid dienone is 1. The van der Waals surface area contributed by atoms with Crippen LogP contribution in [0.5, 0.6) is 0 Å². The smallest absolute Gasteiger partial charge is 0.220 e. The summed E-state index contributed by atoms with van der Waals surface area (Å²) in [6, 6.07) is 6.36. The predicted molar refractivity (Wildman–Crippen MR) is 169 cm³/mol. The lowest BCUT2D eigenvalue weighted by Gasteiger charge is -2.17. The number of aryl methyl sites for hydroxylation is 3. The summed E-state index contributed by atoms with van der Waals surface area (Å²) in [5, 5.41) is 13.3. The van der Waals surface area contributed by atoms with E-state index >= 15 is 0 Å². The van der Waals surface area contributed by atoms with Crippen molar-refractivity contribution < 1.29 is 14.6 Å². The third-order valence-electron chi connectivity index (χ3n) is 9.02. The zero-order valence-electron chi connectivity index (χ0n) is 25.9. The van der Waals surface area contributed by atoms with Crippen molar-refractivity contribution in [3.05, 3.63) is 68.8 Å². The van der Waals surface area contributed by atoms with E-state index in [9.17, 15) is 9.90 Å². The van der Waals surface area contributed by atoms with Crippen molar-refractivity contribution in [1.29, 1.82) is 0 Å². The molecule has 0 aliphatic carbocycles. The van der Waals surface area contributed by atoms with Gasteiger partial charge >= 0.3 is 0 Å². The van der Waals surface area contributed by atoms with E-state index < -0.39 is 0 Å². The highest BCUT2D eigenvalue weighted by atomic mass is 16.5. The second kappa shape index (κ2) is 12.2. The second-order valence-electron chi connectivity index (χ2n) is 11.6. The third-order valence-corrected chi connectivity index (χ3v) is 9.02. The highest BCUT2D eigenvalue weighted by Crippen LogP contribution is 2.42. The average Bonchev–Trinajstić information content (AvgIpc) is 3.66. The number of aromatic amines is 2. The SMILES string of the molecule is CCc1c(C)c2cc3[nH]c(cc4nc(c(C)c5nc(cc1[nH]2)C(C)=C5)[C@@H](CCC(=O)NCCOC)[C@@H]4C)c(C)c3CO. The van der Waals surface area contributed by atoms with Gasteiger partial charge < -0.3 is 25.1 Å². The molecule has 8 bridgehead atoms. The number of aliphatic hydroxyl groups excluding tert-OH is 1. The van der Waals surface area contributed by atoms with Crippen LogP contribution in [0.4, 0.5) is 0 Å². The van der Waals surface area contributed by atoms with Gasteiger partial charge in [0.2, 0.25) is 5.91 Å². The Morgan fingerprint density at radius 2 is 1.67 bits per heavy atom. The second-order valence-corrected chi connectivity index (χ2v) is 11.6. The highest BCUT2D eigenvalue weighted by Gasteiger charge is 2.31. The first-order valence-corrected chi connectivity index (χ1v) is 14.9. The minimum absolute atomic E-state index is 0.0198. The van der Waals surface area contributed by atoms with Crippen LogP contribution in [0.1, 0.15) is 96.0 Å². The minimum Gasteiger partial charge on any atom is -0.392 e. The Morgan fingerprint density at radius 3 is 2.36 bits per heavy atom. The van der Waals surface area contributed by atoms with Gasteiger partial charge in [0.15, 0.2) is 0 Å². The zero-order valence-corrected chi connectivity index (χ0v) is 25.9. The fourth-order valence-electron chi connectivity index (χ4n) is 6.33. The van der Waals surface area contributed by atoms with Crippen LogP contribution in [0.25, 0.3) is 33.7 Å². The van der Waals surface area contributed by atoms with Gasteiger partial charge in [-0.2, -0.15) is 0 Å². The molecule has 0 radical (unpaired) electrons. The van der Waals surface area contributed by atoms with Gasteiger partial charge in [0.1, 0.15) is 0 Å². The molecule has 0 saturated carbocycles. The Hall–Kier alpha value is -3.75. The summed E-state index contributed by atoms with van der Waals surface area (Å²) in [4.78, 5) is 30.1. The van der Waals surface area contributed by atoms with Crippen molar-refractivity contribution in [2.45, 2.75) is 79.2 Å². The first-order chi connectivity index (χ1) is 20.2. The van der Waals surface area contributed by atoms with Crippen molar-refractivity contribution in [3.8, 4) is 0 Å². The molecule has 0 spiro atoms. The molecular formula is C34H43N5O3. The molecule has 5 rings (SSSR count). The average molecular weight is 570 g/mol. The molecule has 0 aromatic carbocycles. The molecule has 0 unspecified atom stereocenters. The number of carbonyl (C=O) groups is 1. The Bertz CT molecular complexity index is 1710. The van der Waals surface area contributed by atoms with Gasteiger partial charge in [-0.05, 0) is 92.6 Å². The summed E-state index contributed by atoms with van der Waals surface area (Å²) in [5.41, 5.74) is 14.2. The highest BCUT2D eigenvalue weighted by molar-refractivity contribution is 5.85. The molecule has 5 heterocycles. The molecule has 3 aromatic heterocycles. The van der Waals surface area contributed by atoms with E-state index in [0.29, 0.717) is 26.0 Å². The Balaban J connectivity index is 1.76. The largest absolute Gasteiger partial charge is 0.392 e. The van der Waals surface area contributed by atoms with Gasteiger partial charge in [-0.1, -0.05) is 13.8 Å².